The van der Waals surface area contributed by atoms with Gasteiger partial charge < -0.3 is 29.3 Å². The SMILES string of the molecule is CCC(=O)Nc1ccc2c(c1)OC[C@@H](C)N(C(=O)CN1CCOCC1)C[C@@H](C)[C@H](OC)CN(C)C2=O. The van der Waals surface area contributed by atoms with Crippen LogP contribution in [0.2, 0.25) is 0 Å². The lowest BCUT2D eigenvalue weighted by Gasteiger charge is -2.37. The van der Waals surface area contributed by atoms with E-state index in [1.54, 1.807) is 44.2 Å². The van der Waals surface area contributed by atoms with E-state index in [1.807, 2.05) is 18.7 Å². The fourth-order valence-electron chi connectivity index (χ4n) is 4.49. The van der Waals surface area contributed by atoms with Gasteiger partial charge in [-0.05, 0) is 19.1 Å². The molecule has 2 heterocycles. The summed E-state index contributed by atoms with van der Waals surface area (Å²) in [5.41, 5.74) is 0.952. The molecular weight excluding hydrogens is 464 g/mol. The molecule has 0 bridgehead atoms. The highest BCUT2D eigenvalue weighted by molar-refractivity contribution is 5.98. The van der Waals surface area contributed by atoms with Gasteiger partial charge in [-0.1, -0.05) is 13.8 Å². The molecule has 1 N–H and O–H groups in total. The number of carbonyl (C=O) groups is 3. The molecule has 10 nitrogen and oxygen atoms in total. The topological polar surface area (TPSA) is 101 Å². The first-order valence-corrected chi connectivity index (χ1v) is 12.7. The molecule has 1 aromatic carbocycles. The largest absolute Gasteiger partial charge is 0.491 e. The second-order valence-corrected chi connectivity index (χ2v) is 9.64. The van der Waals surface area contributed by atoms with Crippen molar-refractivity contribution >= 4 is 23.4 Å². The third-order valence-electron chi connectivity index (χ3n) is 6.83. The summed E-state index contributed by atoms with van der Waals surface area (Å²) in [6.45, 7) is 9.85. The number of morpholine rings is 1. The molecular formula is C26H40N4O6. The van der Waals surface area contributed by atoms with Crippen molar-refractivity contribution in [1.82, 2.24) is 14.7 Å². The number of amides is 3. The van der Waals surface area contributed by atoms with E-state index < -0.39 is 0 Å². The van der Waals surface area contributed by atoms with Crippen molar-refractivity contribution in [2.24, 2.45) is 5.92 Å². The second-order valence-electron chi connectivity index (χ2n) is 9.64. The van der Waals surface area contributed by atoms with E-state index in [0.717, 1.165) is 13.1 Å². The zero-order chi connectivity index (χ0) is 26.2. The Morgan fingerprint density at radius 1 is 1.17 bits per heavy atom. The molecule has 0 aromatic heterocycles. The lowest BCUT2D eigenvalue weighted by Crippen LogP contribution is -2.52. The van der Waals surface area contributed by atoms with Crippen LogP contribution in [-0.4, -0.2) is 111 Å². The van der Waals surface area contributed by atoms with E-state index in [2.05, 4.69) is 10.2 Å². The van der Waals surface area contributed by atoms with Gasteiger partial charge in [0.1, 0.15) is 12.4 Å². The highest BCUT2D eigenvalue weighted by atomic mass is 16.5. The van der Waals surface area contributed by atoms with Crippen molar-refractivity contribution in [2.75, 3.05) is 72.0 Å². The highest BCUT2D eigenvalue weighted by Crippen LogP contribution is 2.27. The van der Waals surface area contributed by atoms with E-state index in [0.29, 0.717) is 56.3 Å². The number of methoxy groups -OCH3 is 1. The van der Waals surface area contributed by atoms with Crippen molar-refractivity contribution in [1.29, 1.82) is 0 Å². The minimum absolute atomic E-state index is 0.00753. The first-order chi connectivity index (χ1) is 17.2. The molecule has 0 saturated carbocycles. The third kappa shape index (κ3) is 7.18. The number of nitrogens with one attached hydrogen (secondary N) is 1. The van der Waals surface area contributed by atoms with Crippen molar-refractivity contribution in [3.63, 3.8) is 0 Å². The minimum Gasteiger partial charge on any atom is -0.491 e. The maximum Gasteiger partial charge on any atom is 0.257 e. The molecule has 10 heteroatoms. The normalized spacial score (nSPS) is 24.2. The first-order valence-electron chi connectivity index (χ1n) is 12.7. The summed E-state index contributed by atoms with van der Waals surface area (Å²) in [5, 5.41) is 2.82. The molecule has 1 fully saturated rings. The summed E-state index contributed by atoms with van der Waals surface area (Å²) in [7, 11) is 3.36. The molecule has 36 heavy (non-hydrogen) atoms. The fraction of sp³-hybridized carbons (Fsp3) is 0.654. The highest BCUT2D eigenvalue weighted by Gasteiger charge is 2.31. The Labute approximate surface area is 213 Å². The van der Waals surface area contributed by atoms with Crippen LogP contribution in [0.3, 0.4) is 0 Å². The van der Waals surface area contributed by atoms with Crippen LogP contribution in [0, 0.1) is 5.92 Å². The molecule has 1 aromatic rings. The van der Waals surface area contributed by atoms with E-state index in [-0.39, 0.29) is 42.4 Å². The molecule has 200 valence electrons. The van der Waals surface area contributed by atoms with Gasteiger partial charge in [0.15, 0.2) is 0 Å². The molecule has 2 aliphatic heterocycles. The number of benzene rings is 1. The monoisotopic (exact) mass is 504 g/mol. The molecule has 3 atom stereocenters. The number of nitrogens with zero attached hydrogens (tertiary/aromatic N) is 3. The summed E-state index contributed by atoms with van der Waals surface area (Å²) < 4.78 is 17.3. The van der Waals surface area contributed by atoms with E-state index in [4.69, 9.17) is 14.2 Å². The second kappa shape index (κ2) is 13.0. The van der Waals surface area contributed by atoms with Gasteiger partial charge in [-0.3, -0.25) is 19.3 Å². The Balaban J connectivity index is 1.89. The number of hydrogen-bond donors (Lipinski definition) is 1. The number of likely N-dealkylation sites (N-methyl/N-ethyl adjacent to an activating group) is 1. The molecule has 0 radical (unpaired) electrons. The van der Waals surface area contributed by atoms with Gasteiger partial charge in [0, 0.05) is 64.4 Å². The number of ether oxygens (including phenoxy) is 3. The molecule has 1 saturated heterocycles. The maximum absolute atomic E-state index is 13.4. The smallest absolute Gasteiger partial charge is 0.257 e. The molecule has 3 rings (SSSR count). The number of carbonyl (C=O) groups excluding carboxylic acids is 3. The van der Waals surface area contributed by atoms with Gasteiger partial charge in [-0.25, -0.2) is 0 Å². The molecule has 2 aliphatic rings. The number of anilines is 1. The van der Waals surface area contributed by atoms with Crippen LogP contribution in [0.15, 0.2) is 18.2 Å². The van der Waals surface area contributed by atoms with Crippen LogP contribution in [-0.2, 0) is 19.1 Å². The van der Waals surface area contributed by atoms with Crippen LogP contribution in [0.25, 0.3) is 0 Å². The summed E-state index contributed by atoms with van der Waals surface area (Å²) in [5.74, 6) is 0.0702. The van der Waals surface area contributed by atoms with Crippen LogP contribution >= 0.6 is 0 Å². The Morgan fingerprint density at radius 2 is 1.89 bits per heavy atom. The Kier molecular flexibility index (Phi) is 10.1. The summed E-state index contributed by atoms with van der Waals surface area (Å²) >= 11 is 0. The number of rotatable bonds is 5. The predicted molar refractivity (Wildman–Crippen MR) is 136 cm³/mol. The number of fused-ring (bicyclic) bond motifs is 1. The zero-order valence-corrected chi connectivity index (χ0v) is 22.1. The van der Waals surface area contributed by atoms with E-state index in [1.165, 1.54) is 0 Å². The summed E-state index contributed by atoms with van der Waals surface area (Å²) in [6.07, 6.45) is 0.0877. The van der Waals surface area contributed by atoms with Crippen LogP contribution in [0.5, 0.6) is 5.75 Å². The van der Waals surface area contributed by atoms with E-state index >= 15 is 0 Å². The quantitative estimate of drug-likeness (QED) is 0.651. The molecule has 0 aliphatic carbocycles. The van der Waals surface area contributed by atoms with Crippen molar-refractivity contribution in [3.05, 3.63) is 23.8 Å². The molecule has 3 amide bonds. The van der Waals surface area contributed by atoms with Crippen LogP contribution in [0.1, 0.15) is 37.6 Å². The summed E-state index contributed by atoms with van der Waals surface area (Å²) in [6, 6.07) is 4.80. The van der Waals surface area contributed by atoms with Gasteiger partial charge in [0.2, 0.25) is 11.8 Å². The standard InChI is InChI=1S/C26H40N4O6/c1-6-24(31)27-20-7-8-21-22(13-20)36-17-19(3)30(25(32)16-29-9-11-35-12-10-29)14-18(2)23(34-5)15-28(4)26(21)33/h7-8,13,18-19,23H,6,9-12,14-17H2,1-5H3,(H,27,31)/t18-,19-,23-/m1/s1. The van der Waals surface area contributed by atoms with Gasteiger partial charge in [-0.15, -0.1) is 0 Å². The zero-order valence-electron chi connectivity index (χ0n) is 22.1. The predicted octanol–water partition coefficient (Wildman–Crippen LogP) is 1.70. The van der Waals surface area contributed by atoms with Gasteiger partial charge >= 0.3 is 0 Å². The Morgan fingerprint density at radius 3 is 2.56 bits per heavy atom. The average molecular weight is 505 g/mol. The average Bonchev–Trinajstić information content (AvgIpc) is 2.88. The fourth-order valence-corrected chi connectivity index (χ4v) is 4.49. The Bertz CT molecular complexity index is 920. The van der Waals surface area contributed by atoms with Crippen molar-refractivity contribution in [3.8, 4) is 5.75 Å². The number of hydrogen-bond acceptors (Lipinski definition) is 7. The van der Waals surface area contributed by atoms with Crippen molar-refractivity contribution < 1.29 is 28.6 Å². The lowest BCUT2D eigenvalue weighted by atomic mass is 10.0. The van der Waals surface area contributed by atoms with Gasteiger partial charge in [-0.2, -0.15) is 0 Å². The summed E-state index contributed by atoms with van der Waals surface area (Å²) in [4.78, 5) is 44.2. The third-order valence-corrected chi connectivity index (χ3v) is 6.83. The van der Waals surface area contributed by atoms with E-state index in [9.17, 15) is 14.4 Å². The van der Waals surface area contributed by atoms with Gasteiger partial charge in [0.25, 0.3) is 5.91 Å². The van der Waals surface area contributed by atoms with Crippen molar-refractivity contribution in [2.45, 2.75) is 39.3 Å². The first kappa shape index (κ1) is 27.9. The molecule has 0 spiro atoms. The van der Waals surface area contributed by atoms with Crippen LogP contribution < -0.4 is 10.1 Å². The lowest BCUT2D eigenvalue weighted by molar-refractivity contribution is -0.137. The minimum atomic E-state index is -0.253. The maximum atomic E-state index is 13.4. The van der Waals surface area contributed by atoms with Gasteiger partial charge in [0.05, 0.1) is 37.5 Å². The Hall–Kier alpha value is -2.69. The van der Waals surface area contributed by atoms with Crippen LogP contribution in [0.4, 0.5) is 5.69 Å². The molecule has 0 unspecified atom stereocenters.